The zero-order valence-corrected chi connectivity index (χ0v) is 11.5. The van der Waals surface area contributed by atoms with Crippen LogP contribution in [0, 0.1) is 0 Å². The third-order valence-corrected chi connectivity index (χ3v) is 5.21. The van der Waals surface area contributed by atoms with Crippen LogP contribution in [0.4, 0.5) is 13.2 Å². The molecule has 0 saturated carbocycles. The summed E-state index contributed by atoms with van der Waals surface area (Å²) in [7, 11) is 0. The highest BCUT2D eigenvalue weighted by Crippen LogP contribution is 2.39. The van der Waals surface area contributed by atoms with E-state index in [2.05, 4.69) is 15.2 Å². The largest absolute Gasteiger partial charge is 0.445 e. The monoisotopic (exact) mass is 319 g/mol. The Balaban J connectivity index is 1.86. The average molecular weight is 319 g/mol. The lowest BCUT2D eigenvalue weighted by atomic mass is 10.3. The first-order valence-corrected chi connectivity index (χ1v) is 7.41. The van der Waals surface area contributed by atoms with E-state index in [-0.39, 0.29) is 4.34 Å². The number of halogens is 3. The van der Waals surface area contributed by atoms with Crippen LogP contribution in [-0.4, -0.2) is 15.2 Å². The van der Waals surface area contributed by atoms with E-state index >= 15 is 0 Å². The van der Waals surface area contributed by atoms with Crippen molar-refractivity contribution in [2.24, 2.45) is 0 Å². The molecule has 98 valence electrons. The molecule has 0 spiro atoms. The van der Waals surface area contributed by atoms with Gasteiger partial charge in [0, 0.05) is 0 Å². The lowest BCUT2D eigenvalue weighted by Crippen LogP contribution is -2.03. The zero-order valence-electron chi connectivity index (χ0n) is 9.01. The van der Waals surface area contributed by atoms with Gasteiger partial charge in [0.2, 0.25) is 5.01 Å². The fraction of sp³-hybridized carbons (Fsp3) is 0.100. The highest BCUT2D eigenvalue weighted by atomic mass is 32.2. The smallest absolute Gasteiger partial charge is 0.229 e. The van der Waals surface area contributed by atoms with Gasteiger partial charge in [0.25, 0.3) is 0 Å². The van der Waals surface area contributed by atoms with E-state index < -0.39 is 11.2 Å². The fourth-order valence-corrected chi connectivity index (χ4v) is 4.32. The number of thiazole rings is 1. The van der Waals surface area contributed by atoms with E-state index in [0.29, 0.717) is 15.7 Å². The normalized spacial score (nSPS) is 12.2. The van der Waals surface area contributed by atoms with E-state index in [9.17, 15) is 13.2 Å². The molecular formula is C10H4F3N3S3. The molecule has 0 atom stereocenters. The molecule has 9 heteroatoms. The van der Waals surface area contributed by atoms with Crippen LogP contribution in [0.5, 0.6) is 0 Å². The number of para-hydroxylation sites is 1. The Hall–Kier alpha value is -1.19. The topological polar surface area (TPSA) is 38.7 Å². The van der Waals surface area contributed by atoms with Gasteiger partial charge in [0.05, 0.1) is 10.2 Å². The minimum atomic E-state index is -4.44. The molecule has 2 aromatic heterocycles. The fourth-order valence-electron chi connectivity index (χ4n) is 1.33. The van der Waals surface area contributed by atoms with Crippen molar-refractivity contribution < 1.29 is 13.2 Å². The van der Waals surface area contributed by atoms with Crippen molar-refractivity contribution in [3.63, 3.8) is 0 Å². The SMILES string of the molecule is FC(F)(F)c1nnc(Sc2nc3ccccc3s2)s1. The van der Waals surface area contributed by atoms with Crippen molar-refractivity contribution in [3.8, 4) is 0 Å². The quantitative estimate of drug-likeness (QED) is 0.705. The summed E-state index contributed by atoms with van der Waals surface area (Å²) in [6.45, 7) is 0. The van der Waals surface area contributed by atoms with E-state index in [1.807, 2.05) is 24.3 Å². The maximum absolute atomic E-state index is 12.4. The van der Waals surface area contributed by atoms with Crippen molar-refractivity contribution in [2.75, 3.05) is 0 Å². The number of aromatic nitrogens is 3. The summed E-state index contributed by atoms with van der Waals surface area (Å²) in [4.78, 5) is 4.32. The van der Waals surface area contributed by atoms with Gasteiger partial charge in [-0.2, -0.15) is 13.2 Å². The van der Waals surface area contributed by atoms with Gasteiger partial charge in [0.1, 0.15) is 0 Å². The van der Waals surface area contributed by atoms with Crippen LogP contribution < -0.4 is 0 Å². The first-order valence-electron chi connectivity index (χ1n) is 4.96. The lowest BCUT2D eigenvalue weighted by molar-refractivity contribution is -0.138. The van der Waals surface area contributed by atoms with Gasteiger partial charge in [-0.3, -0.25) is 0 Å². The maximum atomic E-state index is 12.4. The Kier molecular flexibility index (Phi) is 3.19. The number of hydrogen-bond donors (Lipinski definition) is 0. The van der Waals surface area contributed by atoms with Crippen molar-refractivity contribution in [3.05, 3.63) is 29.3 Å². The number of fused-ring (bicyclic) bond motifs is 1. The first kappa shape index (κ1) is 12.8. The Morgan fingerprint density at radius 2 is 1.79 bits per heavy atom. The molecule has 3 rings (SSSR count). The van der Waals surface area contributed by atoms with E-state index in [1.165, 1.54) is 11.3 Å². The minimum absolute atomic E-state index is 0.242. The molecule has 0 aliphatic carbocycles. The molecule has 1 aromatic carbocycles. The van der Waals surface area contributed by atoms with E-state index in [1.54, 1.807) is 0 Å². The van der Waals surface area contributed by atoms with E-state index in [0.717, 1.165) is 22.0 Å². The molecule has 3 aromatic rings. The van der Waals surface area contributed by atoms with Gasteiger partial charge < -0.3 is 0 Å². The summed E-state index contributed by atoms with van der Waals surface area (Å²) >= 11 is 3.05. The molecule has 2 heterocycles. The molecule has 0 fully saturated rings. The van der Waals surface area contributed by atoms with Gasteiger partial charge in [-0.05, 0) is 23.9 Å². The molecule has 0 saturated heterocycles. The molecule has 0 unspecified atom stereocenters. The number of rotatable bonds is 2. The number of benzene rings is 1. The van der Waals surface area contributed by atoms with Crippen LogP contribution in [0.2, 0.25) is 0 Å². The van der Waals surface area contributed by atoms with Crippen molar-refractivity contribution in [1.82, 2.24) is 15.2 Å². The molecular weight excluding hydrogens is 315 g/mol. The van der Waals surface area contributed by atoms with Gasteiger partial charge >= 0.3 is 6.18 Å². The molecule has 19 heavy (non-hydrogen) atoms. The van der Waals surface area contributed by atoms with Crippen molar-refractivity contribution in [1.29, 1.82) is 0 Å². The second kappa shape index (κ2) is 4.73. The van der Waals surface area contributed by atoms with Crippen molar-refractivity contribution in [2.45, 2.75) is 14.9 Å². The summed E-state index contributed by atoms with van der Waals surface area (Å²) in [5.74, 6) is 0. The van der Waals surface area contributed by atoms with Crippen LogP contribution in [-0.2, 0) is 6.18 Å². The second-order valence-electron chi connectivity index (χ2n) is 3.42. The summed E-state index contributed by atoms with van der Waals surface area (Å²) in [6.07, 6.45) is -4.44. The minimum Gasteiger partial charge on any atom is -0.229 e. The standard InChI is InChI=1S/C10H4F3N3S3/c11-10(12,13)7-15-16-9(18-7)19-8-14-5-3-1-2-4-6(5)17-8/h1-4H. The molecule has 0 radical (unpaired) electrons. The van der Waals surface area contributed by atoms with Gasteiger partial charge in [-0.15, -0.1) is 21.5 Å². The zero-order chi connectivity index (χ0) is 13.5. The molecule has 0 bridgehead atoms. The van der Waals surface area contributed by atoms with Crippen LogP contribution >= 0.6 is 34.4 Å². The third-order valence-electron chi connectivity index (χ3n) is 2.10. The van der Waals surface area contributed by atoms with Gasteiger partial charge in [-0.25, -0.2) is 4.98 Å². The van der Waals surface area contributed by atoms with Crippen LogP contribution in [0.1, 0.15) is 5.01 Å². The van der Waals surface area contributed by atoms with Crippen LogP contribution in [0.25, 0.3) is 10.2 Å². The first-order chi connectivity index (χ1) is 9.02. The van der Waals surface area contributed by atoms with Gasteiger partial charge in [0.15, 0.2) is 8.68 Å². The molecule has 3 nitrogen and oxygen atoms in total. The van der Waals surface area contributed by atoms with Gasteiger partial charge in [-0.1, -0.05) is 23.5 Å². The second-order valence-corrected chi connectivity index (χ2v) is 6.92. The highest BCUT2D eigenvalue weighted by molar-refractivity contribution is 8.02. The Labute approximate surface area is 117 Å². The third kappa shape index (κ3) is 2.72. The maximum Gasteiger partial charge on any atom is 0.445 e. The number of alkyl halides is 3. The lowest BCUT2D eigenvalue weighted by Gasteiger charge is -1.97. The molecule has 0 aliphatic rings. The number of nitrogens with zero attached hydrogens (tertiary/aromatic N) is 3. The summed E-state index contributed by atoms with van der Waals surface area (Å²) < 4.78 is 39.1. The summed E-state index contributed by atoms with van der Waals surface area (Å²) in [6, 6.07) is 7.53. The molecule has 0 aliphatic heterocycles. The van der Waals surface area contributed by atoms with Crippen molar-refractivity contribution >= 4 is 44.7 Å². The van der Waals surface area contributed by atoms with Crippen LogP contribution in [0.15, 0.2) is 32.9 Å². The predicted molar refractivity (Wildman–Crippen MR) is 68.7 cm³/mol. The Morgan fingerprint density at radius 3 is 2.47 bits per heavy atom. The Morgan fingerprint density at radius 1 is 1.00 bits per heavy atom. The molecule has 0 N–H and O–H groups in total. The van der Waals surface area contributed by atoms with E-state index in [4.69, 9.17) is 0 Å². The summed E-state index contributed by atoms with van der Waals surface area (Å²) in [5, 5.41) is 5.73. The Bertz CT molecular complexity index is 686. The summed E-state index contributed by atoms with van der Waals surface area (Å²) in [5.41, 5.74) is 0.829. The highest BCUT2D eigenvalue weighted by Gasteiger charge is 2.35. The molecule has 0 amide bonds. The number of hydrogen-bond acceptors (Lipinski definition) is 6. The average Bonchev–Trinajstić information content (AvgIpc) is 2.94. The predicted octanol–water partition coefficient (Wildman–Crippen LogP) is 4.32. The van der Waals surface area contributed by atoms with Crippen LogP contribution in [0.3, 0.4) is 0 Å².